The second kappa shape index (κ2) is 6.78. The molecule has 2 rings (SSSR count). The molecular formula is C13H21N3S2. The number of nitrogens with zero attached hydrogens (tertiary/aromatic N) is 2. The standard InChI is InChI=1S/C13H21N3S2/c1-3-10(14)8-11-4-5-15-13(16-11)12-9(2)17-6-7-18-12/h4-5,9-10,12H,3,6-8,14H2,1-2H3. The van der Waals surface area contributed by atoms with Crippen LogP contribution in [0.1, 0.15) is 37.0 Å². The maximum Gasteiger partial charge on any atom is 0.142 e. The third-order valence-electron chi connectivity index (χ3n) is 3.17. The summed E-state index contributed by atoms with van der Waals surface area (Å²) in [5, 5.41) is 1.03. The lowest BCUT2D eigenvalue weighted by molar-refractivity contribution is 0.631. The molecule has 2 heterocycles. The van der Waals surface area contributed by atoms with Crippen LogP contribution in [0.2, 0.25) is 0 Å². The van der Waals surface area contributed by atoms with Gasteiger partial charge in [-0.1, -0.05) is 13.8 Å². The Labute approximate surface area is 118 Å². The second-order valence-electron chi connectivity index (χ2n) is 4.65. The number of hydrogen-bond donors (Lipinski definition) is 1. The van der Waals surface area contributed by atoms with Crippen LogP contribution in [-0.2, 0) is 6.42 Å². The third-order valence-corrected chi connectivity index (χ3v) is 6.26. The van der Waals surface area contributed by atoms with Gasteiger partial charge in [0.05, 0.1) is 5.25 Å². The van der Waals surface area contributed by atoms with Gasteiger partial charge in [-0.2, -0.15) is 11.8 Å². The van der Waals surface area contributed by atoms with Crippen LogP contribution < -0.4 is 5.73 Å². The van der Waals surface area contributed by atoms with E-state index in [2.05, 4.69) is 18.8 Å². The van der Waals surface area contributed by atoms with Crippen LogP contribution in [0.5, 0.6) is 0 Å². The number of aromatic nitrogens is 2. The summed E-state index contributed by atoms with van der Waals surface area (Å²) in [4.78, 5) is 9.17. The van der Waals surface area contributed by atoms with E-state index < -0.39 is 0 Å². The van der Waals surface area contributed by atoms with Crippen molar-refractivity contribution in [3.05, 3.63) is 23.8 Å². The molecule has 3 atom stereocenters. The Morgan fingerprint density at radius 3 is 2.94 bits per heavy atom. The summed E-state index contributed by atoms with van der Waals surface area (Å²) in [6, 6.07) is 2.20. The lowest BCUT2D eigenvalue weighted by Gasteiger charge is -2.26. The first-order valence-electron chi connectivity index (χ1n) is 6.51. The SMILES string of the molecule is CCC(N)Cc1ccnc(C2SCCSC2C)n1. The molecule has 3 nitrogen and oxygen atoms in total. The molecule has 1 aromatic heterocycles. The molecule has 0 aliphatic carbocycles. The zero-order valence-corrected chi connectivity index (χ0v) is 12.6. The van der Waals surface area contributed by atoms with Crippen LogP contribution in [0.25, 0.3) is 0 Å². The smallest absolute Gasteiger partial charge is 0.142 e. The summed E-state index contributed by atoms with van der Waals surface area (Å²) in [7, 11) is 0. The summed E-state index contributed by atoms with van der Waals surface area (Å²) in [5.41, 5.74) is 7.07. The molecule has 1 aliphatic heterocycles. The number of hydrogen-bond acceptors (Lipinski definition) is 5. The monoisotopic (exact) mass is 283 g/mol. The lowest BCUT2D eigenvalue weighted by atomic mass is 10.1. The molecule has 0 saturated carbocycles. The Morgan fingerprint density at radius 1 is 1.44 bits per heavy atom. The fourth-order valence-corrected chi connectivity index (χ4v) is 4.69. The van der Waals surface area contributed by atoms with Gasteiger partial charge in [-0.3, -0.25) is 0 Å². The van der Waals surface area contributed by atoms with Gasteiger partial charge in [0.15, 0.2) is 0 Å². The van der Waals surface area contributed by atoms with E-state index in [1.807, 2.05) is 35.8 Å². The van der Waals surface area contributed by atoms with Crippen molar-refractivity contribution >= 4 is 23.5 Å². The minimum absolute atomic E-state index is 0.207. The zero-order valence-electron chi connectivity index (χ0n) is 11.0. The Morgan fingerprint density at radius 2 is 2.22 bits per heavy atom. The van der Waals surface area contributed by atoms with Gasteiger partial charge in [0.1, 0.15) is 5.82 Å². The summed E-state index contributed by atoms with van der Waals surface area (Å²) in [5.74, 6) is 3.42. The molecule has 5 heteroatoms. The van der Waals surface area contributed by atoms with E-state index in [-0.39, 0.29) is 6.04 Å². The van der Waals surface area contributed by atoms with E-state index in [0.717, 1.165) is 24.4 Å². The van der Waals surface area contributed by atoms with Gasteiger partial charge < -0.3 is 5.73 Å². The highest BCUT2D eigenvalue weighted by Gasteiger charge is 2.26. The van der Waals surface area contributed by atoms with Crippen LogP contribution >= 0.6 is 23.5 Å². The molecule has 0 spiro atoms. The van der Waals surface area contributed by atoms with Gasteiger partial charge in [-0.25, -0.2) is 9.97 Å². The maximum atomic E-state index is 5.99. The largest absolute Gasteiger partial charge is 0.327 e. The van der Waals surface area contributed by atoms with Crippen LogP contribution in [0.15, 0.2) is 12.3 Å². The molecule has 1 aliphatic rings. The second-order valence-corrected chi connectivity index (χ2v) is 7.38. The van der Waals surface area contributed by atoms with Crippen molar-refractivity contribution in [1.82, 2.24) is 9.97 Å². The maximum absolute atomic E-state index is 5.99. The van der Waals surface area contributed by atoms with Gasteiger partial charge in [0, 0.05) is 41.1 Å². The quantitative estimate of drug-likeness (QED) is 0.920. The highest BCUT2D eigenvalue weighted by atomic mass is 32.2. The number of nitrogens with two attached hydrogens (primary N) is 1. The van der Waals surface area contributed by atoms with E-state index in [1.54, 1.807) is 0 Å². The van der Waals surface area contributed by atoms with Crippen LogP contribution in [-0.4, -0.2) is 32.8 Å². The first kappa shape index (κ1) is 14.2. The molecule has 100 valence electrons. The van der Waals surface area contributed by atoms with Gasteiger partial charge in [-0.15, -0.1) is 11.8 Å². The molecule has 1 saturated heterocycles. The van der Waals surface area contributed by atoms with Crippen molar-refractivity contribution in [2.75, 3.05) is 11.5 Å². The highest BCUT2D eigenvalue weighted by molar-refractivity contribution is 8.06. The van der Waals surface area contributed by atoms with Crippen molar-refractivity contribution in [3.63, 3.8) is 0 Å². The van der Waals surface area contributed by atoms with Crippen molar-refractivity contribution in [2.24, 2.45) is 5.73 Å². The molecule has 18 heavy (non-hydrogen) atoms. The van der Waals surface area contributed by atoms with Crippen molar-refractivity contribution in [3.8, 4) is 0 Å². The Hall–Kier alpha value is -0.260. The van der Waals surface area contributed by atoms with E-state index in [1.165, 1.54) is 11.5 Å². The molecule has 0 aromatic carbocycles. The molecule has 2 N–H and O–H groups in total. The van der Waals surface area contributed by atoms with E-state index in [4.69, 9.17) is 10.7 Å². The lowest BCUT2D eigenvalue weighted by Crippen LogP contribution is -2.23. The topological polar surface area (TPSA) is 51.8 Å². The Kier molecular flexibility index (Phi) is 5.33. The van der Waals surface area contributed by atoms with Crippen LogP contribution in [0.3, 0.4) is 0 Å². The summed E-state index contributed by atoms with van der Waals surface area (Å²) < 4.78 is 0. The average molecular weight is 283 g/mol. The van der Waals surface area contributed by atoms with E-state index >= 15 is 0 Å². The Bertz CT molecular complexity index is 386. The first-order valence-corrected chi connectivity index (χ1v) is 8.61. The van der Waals surface area contributed by atoms with E-state index in [9.17, 15) is 0 Å². The van der Waals surface area contributed by atoms with Gasteiger partial charge >= 0.3 is 0 Å². The predicted molar refractivity (Wildman–Crippen MR) is 81.1 cm³/mol. The zero-order chi connectivity index (χ0) is 13.0. The fourth-order valence-electron chi connectivity index (χ4n) is 1.99. The molecular weight excluding hydrogens is 262 g/mol. The summed E-state index contributed by atoms with van der Waals surface area (Å²) in [6.07, 6.45) is 3.72. The van der Waals surface area contributed by atoms with Gasteiger partial charge in [-0.05, 0) is 12.5 Å². The molecule has 1 fully saturated rings. The van der Waals surface area contributed by atoms with Gasteiger partial charge in [0.25, 0.3) is 0 Å². The minimum atomic E-state index is 0.207. The third kappa shape index (κ3) is 3.62. The van der Waals surface area contributed by atoms with Gasteiger partial charge in [0.2, 0.25) is 0 Å². The average Bonchev–Trinajstić information content (AvgIpc) is 2.39. The van der Waals surface area contributed by atoms with Crippen molar-refractivity contribution in [2.45, 2.75) is 43.2 Å². The van der Waals surface area contributed by atoms with E-state index in [0.29, 0.717) is 10.5 Å². The van der Waals surface area contributed by atoms with Crippen LogP contribution in [0, 0.1) is 0 Å². The normalized spacial score (nSPS) is 25.9. The highest BCUT2D eigenvalue weighted by Crippen LogP contribution is 2.40. The molecule has 0 bridgehead atoms. The molecule has 0 radical (unpaired) electrons. The molecule has 3 unspecified atom stereocenters. The fraction of sp³-hybridized carbons (Fsp3) is 0.692. The molecule has 0 amide bonds. The van der Waals surface area contributed by atoms with Crippen molar-refractivity contribution in [1.29, 1.82) is 0 Å². The summed E-state index contributed by atoms with van der Waals surface area (Å²) >= 11 is 4.00. The van der Waals surface area contributed by atoms with Crippen molar-refractivity contribution < 1.29 is 0 Å². The first-order chi connectivity index (χ1) is 8.70. The predicted octanol–water partition coefficient (Wildman–Crippen LogP) is 2.67. The number of thioether (sulfide) groups is 2. The van der Waals surface area contributed by atoms with Crippen LogP contribution in [0.4, 0.5) is 0 Å². The summed E-state index contributed by atoms with van der Waals surface area (Å²) in [6.45, 7) is 4.39. The Balaban J connectivity index is 2.10. The minimum Gasteiger partial charge on any atom is -0.327 e. The molecule has 1 aromatic rings. The number of rotatable bonds is 4.